The first-order valence-electron chi connectivity index (χ1n) is 5.80. The Morgan fingerprint density at radius 2 is 2.13 bits per heavy atom. The second-order valence-corrected chi connectivity index (χ2v) is 4.53. The van der Waals surface area contributed by atoms with E-state index < -0.39 is 0 Å². The normalized spacial score (nSPS) is 26.9. The van der Waals surface area contributed by atoms with E-state index >= 15 is 0 Å². The molecule has 2 unspecified atom stereocenters. The van der Waals surface area contributed by atoms with Crippen LogP contribution in [0.1, 0.15) is 43.3 Å². The largest absolute Gasteiger partial charge is 0.330 e. The van der Waals surface area contributed by atoms with Gasteiger partial charge >= 0.3 is 0 Å². The van der Waals surface area contributed by atoms with E-state index in [4.69, 9.17) is 5.73 Å². The number of aryl methyl sites for hydroxylation is 2. The molecule has 1 fully saturated rings. The van der Waals surface area contributed by atoms with E-state index in [1.165, 1.54) is 25.7 Å². The molecule has 0 saturated heterocycles. The zero-order chi connectivity index (χ0) is 10.8. The topological polar surface area (TPSA) is 56.7 Å². The second-order valence-electron chi connectivity index (χ2n) is 4.53. The molecule has 2 N–H and O–H groups in total. The first kappa shape index (κ1) is 10.6. The molecular formula is C11H20N4. The summed E-state index contributed by atoms with van der Waals surface area (Å²) in [7, 11) is 1.98. The number of nitrogens with zero attached hydrogens (tertiary/aromatic N) is 3. The van der Waals surface area contributed by atoms with E-state index in [1.807, 2.05) is 18.7 Å². The summed E-state index contributed by atoms with van der Waals surface area (Å²) in [5, 5.41) is 4.32. The second kappa shape index (κ2) is 4.31. The van der Waals surface area contributed by atoms with Crippen LogP contribution < -0.4 is 5.73 Å². The number of hydrogen-bond donors (Lipinski definition) is 1. The van der Waals surface area contributed by atoms with Gasteiger partial charge in [-0.15, -0.1) is 0 Å². The van der Waals surface area contributed by atoms with Gasteiger partial charge in [0.05, 0.1) is 0 Å². The molecule has 2 atom stereocenters. The van der Waals surface area contributed by atoms with Crippen molar-refractivity contribution >= 4 is 0 Å². The minimum Gasteiger partial charge on any atom is -0.330 e. The van der Waals surface area contributed by atoms with Crippen molar-refractivity contribution in [2.45, 2.75) is 38.5 Å². The highest BCUT2D eigenvalue weighted by atomic mass is 15.3. The third-order valence-electron chi connectivity index (χ3n) is 3.45. The minimum atomic E-state index is 0.523. The van der Waals surface area contributed by atoms with Gasteiger partial charge in [0, 0.05) is 13.0 Å². The van der Waals surface area contributed by atoms with Gasteiger partial charge in [-0.1, -0.05) is 12.8 Å². The molecule has 1 heterocycles. The van der Waals surface area contributed by atoms with Crippen molar-refractivity contribution in [1.82, 2.24) is 14.8 Å². The summed E-state index contributed by atoms with van der Waals surface area (Å²) in [6, 6.07) is 0. The zero-order valence-electron chi connectivity index (χ0n) is 9.61. The summed E-state index contributed by atoms with van der Waals surface area (Å²) in [5.41, 5.74) is 5.83. The van der Waals surface area contributed by atoms with E-state index in [-0.39, 0.29) is 0 Å². The molecule has 1 aliphatic rings. The van der Waals surface area contributed by atoms with E-state index in [0.717, 1.165) is 18.2 Å². The summed E-state index contributed by atoms with van der Waals surface area (Å²) in [5.74, 6) is 3.12. The molecule has 0 radical (unpaired) electrons. The van der Waals surface area contributed by atoms with Gasteiger partial charge < -0.3 is 5.73 Å². The Morgan fingerprint density at radius 3 is 2.73 bits per heavy atom. The molecule has 0 spiro atoms. The molecular weight excluding hydrogens is 188 g/mol. The highest BCUT2D eigenvalue weighted by Crippen LogP contribution is 2.36. The predicted molar refractivity (Wildman–Crippen MR) is 59.5 cm³/mol. The van der Waals surface area contributed by atoms with Crippen LogP contribution in [0.3, 0.4) is 0 Å². The molecule has 4 nitrogen and oxygen atoms in total. The Labute approximate surface area is 90.9 Å². The van der Waals surface area contributed by atoms with Crippen LogP contribution in [0.4, 0.5) is 0 Å². The van der Waals surface area contributed by atoms with Gasteiger partial charge in [0.15, 0.2) is 0 Å². The molecule has 1 aromatic rings. The lowest BCUT2D eigenvalue weighted by atomic mass is 9.79. The standard InChI is InChI=1S/C11H20N4/c1-8-13-11(15(2)14-8)10-6-4-3-5-9(10)7-12/h9-10H,3-7,12H2,1-2H3. The molecule has 0 aromatic carbocycles. The van der Waals surface area contributed by atoms with Gasteiger partial charge in [0.2, 0.25) is 0 Å². The maximum Gasteiger partial charge on any atom is 0.147 e. The number of rotatable bonds is 2. The van der Waals surface area contributed by atoms with E-state index in [2.05, 4.69) is 10.1 Å². The first-order valence-corrected chi connectivity index (χ1v) is 5.80. The molecule has 84 valence electrons. The van der Waals surface area contributed by atoms with Crippen LogP contribution in [0.2, 0.25) is 0 Å². The number of hydrogen-bond acceptors (Lipinski definition) is 3. The van der Waals surface area contributed by atoms with Crippen molar-refractivity contribution in [1.29, 1.82) is 0 Å². The van der Waals surface area contributed by atoms with Crippen LogP contribution in [0.25, 0.3) is 0 Å². The Morgan fingerprint density at radius 1 is 1.40 bits per heavy atom. The van der Waals surface area contributed by atoms with Crippen molar-refractivity contribution in [2.75, 3.05) is 6.54 Å². The molecule has 15 heavy (non-hydrogen) atoms. The van der Waals surface area contributed by atoms with Gasteiger partial charge in [-0.05, 0) is 32.2 Å². The van der Waals surface area contributed by atoms with Crippen LogP contribution in [0, 0.1) is 12.8 Å². The lowest BCUT2D eigenvalue weighted by Crippen LogP contribution is -2.27. The van der Waals surface area contributed by atoms with Gasteiger partial charge in [-0.3, -0.25) is 4.68 Å². The smallest absolute Gasteiger partial charge is 0.147 e. The molecule has 0 bridgehead atoms. The minimum absolute atomic E-state index is 0.523. The van der Waals surface area contributed by atoms with E-state index in [0.29, 0.717) is 11.8 Å². The Hall–Kier alpha value is -0.900. The average molecular weight is 208 g/mol. The monoisotopic (exact) mass is 208 g/mol. The van der Waals surface area contributed by atoms with Crippen LogP contribution in [-0.2, 0) is 7.05 Å². The number of aromatic nitrogens is 3. The molecule has 1 aromatic heterocycles. The van der Waals surface area contributed by atoms with Crippen molar-refractivity contribution in [2.24, 2.45) is 18.7 Å². The summed E-state index contributed by atoms with van der Waals surface area (Å²) in [4.78, 5) is 4.53. The van der Waals surface area contributed by atoms with Gasteiger partial charge in [0.25, 0.3) is 0 Å². The average Bonchev–Trinajstić information content (AvgIpc) is 2.57. The SMILES string of the molecule is Cc1nc(C2CCCCC2CN)n(C)n1. The lowest BCUT2D eigenvalue weighted by molar-refractivity contribution is 0.298. The Bertz CT molecular complexity index is 331. The summed E-state index contributed by atoms with van der Waals surface area (Å²) < 4.78 is 1.92. The fourth-order valence-electron chi connectivity index (χ4n) is 2.68. The molecule has 0 amide bonds. The third kappa shape index (κ3) is 2.04. The third-order valence-corrected chi connectivity index (χ3v) is 3.45. The van der Waals surface area contributed by atoms with Crippen molar-refractivity contribution in [3.63, 3.8) is 0 Å². The highest BCUT2D eigenvalue weighted by Gasteiger charge is 2.28. The van der Waals surface area contributed by atoms with E-state index in [9.17, 15) is 0 Å². The van der Waals surface area contributed by atoms with Crippen LogP contribution in [-0.4, -0.2) is 21.3 Å². The van der Waals surface area contributed by atoms with Crippen LogP contribution in [0.15, 0.2) is 0 Å². The maximum atomic E-state index is 5.83. The molecule has 2 rings (SSSR count). The summed E-state index contributed by atoms with van der Waals surface area (Å²) >= 11 is 0. The lowest BCUT2D eigenvalue weighted by Gasteiger charge is -2.29. The summed E-state index contributed by atoms with van der Waals surface area (Å²) in [6.45, 7) is 2.72. The van der Waals surface area contributed by atoms with Crippen molar-refractivity contribution < 1.29 is 0 Å². The van der Waals surface area contributed by atoms with Crippen molar-refractivity contribution in [3.8, 4) is 0 Å². The molecule has 1 saturated carbocycles. The molecule has 0 aliphatic heterocycles. The predicted octanol–water partition coefficient (Wildman–Crippen LogP) is 1.36. The zero-order valence-corrected chi connectivity index (χ0v) is 9.61. The molecule has 1 aliphatic carbocycles. The van der Waals surface area contributed by atoms with Crippen LogP contribution >= 0.6 is 0 Å². The summed E-state index contributed by atoms with van der Waals surface area (Å²) in [6.07, 6.45) is 5.07. The Balaban J connectivity index is 2.23. The van der Waals surface area contributed by atoms with Crippen molar-refractivity contribution in [3.05, 3.63) is 11.6 Å². The number of nitrogens with two attached hydrogens (primary N) is 1. The quantitative estimate of drug-likeness (QED) is 0.798. The van der Waals surface area contributed by atoms with Crippen LogP contribution in [0.5, 0.6) is 0 Å². The van der Waals surface area contributed by atoms with Gasteiger partial charge in [-0.2, -0.15) is 5.10 Å². The van der Waals surface area contributed by atoms with Gasteiger partial charge in [-0.25, -0.2) is 4.98 Å². The fraction of sp³-hybridized carbons (Fsp3) is 0.818. The van der Waals surface area contributed by atoms with Gasteiger partial charge in [0.1, 0.15) is 11.6 Å². The molecule has 4 heteroatoms. The fourth-order valence-corrected chi connectivity index (χ4v) is 2.68. The highest BCUT2D eigenvalue weighted by molar-refractivity contribution is 5.03. The Kier molecular flexibility index (Phi) is 3.05. The maximum absolute atomic E-state index is 5.83. The van der Waals surface area contributed by atoms with E-state index in [1.54, 1.807) is 0 Å². The first-order chi connectivity index (χ1) is 7.22.